The van der Waals surface area contributed by atoms with Crippen molar-refractivity contribution in [3.8, 4) is 0 Å². The van der Waals surface area contributed by atoms with Crippen LogP contribution in [-0.4, -0.2) is 29.4 Å². The Kier molecular flexibility index (Phi) is 1.90. The molecule has 0 radical (unpaired) electrons. The highest BCUT2D eigenvalue weighted by Crippen LogP contribution is 2.37. The van der Waals surface area contributed by atoms with E-state index in [0.717, 1.165) is 27.9 Å². The number of rotatable bonds is 1. The number of nitro benzene ring substituents is 1. The van der Waals surface area contributed by atoms with Crippen molar-refractivity contribution >= 4 is 27.9 Å². The van der Waals surface area contributed by atoms with Gasteiger partial charge in [-0.1, -0.05) is 12.1 Å². The van der Waals surface area contributed by atoms with Gasteiger partial charge in [-0.2, -0.15) is 0 Å². The summed E-state index contributed by atoms with van der Waals surface area (Å²) >= 11 is 0. The van der Waals surface area contributed by atoms with Crippen molar-refractivity contribution in [1.29, 1.82) is 0 Å². The molecule has 1 heterocycles. The smallest absolute Gasteiger partial charge is 0.277 e. The zero-order valence-electron chi connectivity index (χ0n) is 9.96. The number of fused-ring (bicyclic) bond motifs is 3. The van der Waals surface area contributed by atoms with E-state index in [1.807, 2.05) is 12.1 Å². The Hall–Kier alpha value is -2.56. The van der Waals surface area contributed by atoms with Gasteiger partial charge in [0.15, 0.2) is 0 Å². The van der Waals surface area contributed by atoms with Gasteiger partial charge in [-0.25, -0.2) is 0 Å². The number of benzene rings is 2. The monoisotopic (exact) mass is 251 g/mol. The number of non-ortho nitro benzene ring substituents is 1. The van der Waals surface area contributed by atoms with E-state index in [4.69, 9.17) is 0 Å². The molecule has 0 unspecified atom stereocenters. The lowest BCUT2D eigenvalue weighted by Crippen LogP contribution is -2.17. The van der Waals surface area contributed by atoms with E-state index in [1.165, 1.54) is 0 Å². The first kappa shape index (κ1) is 10.4. The molecule has 2 aromatic rings. The molecule has 92 valence electrons. The van der Waals surface area contributed by atoms with Crippen LogP contribution in [0.3, 0.4) is 0 Å². The minimum Gasteiger partial charge on any atom is -0.280 e. The van der Waals surface area contributed by atoms with Gasteiger partial charge < -0.3 is 0 Å². The summed E-state index contributed by atoms with van der Waals surface area (Å²) in [5, 5.41) is 12.7. The first-order chi connectivity index (χ1) is 9.27. The quantitative estimate of drug-likeness (QED) is 0.576. The third-order valence-corrected chi connectivity index (χ3v) is 3.59. The third kappa shape index (κ3) is 1.24. The van der Waals surface area contributed by atoms with E-state index >= 15 is 0 Å². The Morgan fingerprint density at radius 1 is 1.00 bits per heavy atom. The van der Waals surface area contributed by atoms with Crippen LogP contribution in [0.15, 0.2) is 40.3 Å². The fourth-order valence-corrected chi connectivity index (χ4v) is 2.84. The fraction of sp³-hybridized carbons (Fsp3) is 0.143. The Morgan fingerprint density at radius 2 is 1.68 bits per heavy atom. The largest absolute Gasteiger partial charge is 0.280 e. The number of hydrogen-bond acceptors (Lipinski definition) is 4. The number of nitro groups is 1. The topological polar surface area (TPSA) is 67.9 Å². The maximum atomic E-state index is 11.1. The van der Waals surface area contributed by atoms with Crippen molar-refractivity contribution in [2.75, 3.05) is 13.1 Å². The molecule has 5 nitrogen and oxygen atoms in total. The van der Waals surface area contributed by atoms with Gasteiger partial charge in [-0.05, 0) is 12.1 Å². The van der Waals surface area contributed by atoms with E-state index in [1.54, 1.807) is 18.2 Å². The van der Waals surface area contributed by atoms with Crippen LogP contribution in [0, 0.1) is 10.1 Å². The standard InChI is InChI=1S/C14H9N3O2/c18-17(19)11-5-4-10-12-8(11)2-1-3-9(12)13-14(10)16-7-6-15-13/h1-5H,6-7H2. The molecule has 0 N–H and O–H groups in total. The molecular weight excluding hydrogens is 242 g/mol. The Labute approximate surface area is 108 Å². The van der Waals surface area contributed by atoms with Gasteiger partial charge in [-0.3, -0.25) is 20.1 Å². The summed E-state index contributed by atoms with van der Waals surface area (Å²) < 4.78 is 0. The van der Waals surface area contributed by atoms with Crippen LogP contribution in [-0.2, 0) is 0 Å². The maximum Gasteiger partial charge on any atom is 0.277 e. The first-order valence-electron chi connectivity index (χ1n) is 6.07. The minimum atomic E-state index is -0.339. The number of nitrogens with zero attached hydrogens (tertiary/aromatic N) is 3. The molecule has 5 heteroatoms. The summed E-state index contributed by atoms with van der Waals surface area (Å²) in [5.41, 5.74) is 3.84. The van der Waals surface area contributed by atoms with Gasteiger partial charge in [0.1, 0.15) is 0 Å². The summed E-state index contributed by atoms with van der Waals surface area (Å²) in [5.74, 6) is 0. The molecule has 1 aliphatic heterocycles. The molecule has 2 aliphatic rings. The van der Waals surface area contributed by atoms with Crippen LogP contribution in [0.25, 0.3) is 10.8 Å². The molecule has 4 rings (SSSR count). The lowest BCUT2D eigenvalue weighted by molar-refractivity contribution is -0.383. The SMILES string of the molecule is O=[N+]([O-])c1ccc2c3c(cccc13)C1=NCCN=C12. The molecule has 0 bridgehead atoms. The first-order valence-corrected chi connectivity index (χ1v) is 6.07. The van der Waals surface area contributed by atoms with E-state index in [2.05, 4.69) is 9.98 Å². The van der Waals surface area contributed by atoms with Crippen LogP contribution in [0.5, 0.6) is 0 Å². The van der Waals surface area contributed by atoms with Gasteiger partial charge in [0, 0.05) is 22.6 Å². The van der Waals surface area contributed by atoms with E-state index in [-0.39, 0.29) is 10.6 Å². The van der Waals surface area contributed by atoms with E-state index in [9.17, 15) is 10.1 Å². The van der Waals surface area contributed by atoms with E-state index < -0.39 is 0 Å². The predicted molar refractivity (Wildman–Crippen MR) is 73.4 cm³/mol. The van der Waals surface area contributed by atoms with Gasteiger partial charge in [0.05, 0.1) is 34.8 Å². The second-order valence-corrected chi connectivity index (χ2v) is 4.58. The number of hydrogen-bond donors (Lipinski definition) is 0. The lowest BCUT2D eigenvalue weighted by atomic mass is 10.0. The average molecular weight is 251 g/mol. The minimum absolute atomic E-state index is 0.139. The molecule has 0 aromatic heterocycles. The van der Waals surface area contributed by atoms with Crippen LogP contribution >= 0.6 is 0 Å². The van der Waals surface area contributed by atoms with Crippen molar-refractivity contribution in [2.24, 2.45) is 9.98 Å². The van der Waals surface area contributed by atoms with Crippen molar-refractivity contribution in [3.05, 3.63) is 51.6 Å². The van der Waals surface area contributed by atoms with Crippen molar-refractivity contribution in [1.82, 2.24) is 0 Å². The van der Waals surface area contributed by atoms with Gasteiger partial charge >= 0.3 is 0 Å². The molecule has 0 spiro atoms. The Balaban J connectivity index is 2.18. The van der Waals surface area contributed by atoms with Crippen molar-refractivity contribution in [2.45, 2.75) is 0 Å². The third-order valence-electron chi connectivity index (χ3n) is 3.59. The molecule has 2 aromatic carbocycles. The second kappa shape index (κ2) is 3.47. The molecule has 0 atom stereocenters. The lowest BCUT2D eigenvalue weighted by Gasteiger charge is -2.07. The normalized spacial score (nSPS) is 16.0. The Bertz CT molecular complexity index is 779. The zero-order chi connectivity index (χ0) is 13.0. The van der Waals surface area contributed by atoms with Crippen LogP contribution < -0.4 is 0 Å². The molecule has 0 saturated heterocycles. The maximum absolute atomic E-state index is 11.1. The van der Waals surface area contributed by atoms with E-state index in [0.29, 0.717) is 18.5 Å². The molecule has 0 fully saturated rings. The summed E-state index contributed by atoms with van der Waals surface area (Å²) in [6, 6.07) is 8.94. The molecule has 19 heavy (non-hydrogen) atoms. The van der Waals surface area contributed by atoms with Crippen LogP contribution in [0.1, 0.15) is 11.1 Å². The zero-order valence-corrected chi connectivity index (χ0v) is 9.96. The summed E-state index contributed by atoms with van der Waals surface area (Å²) in [6.45, 7) is 1.37. The van der Waals surface area contributed by atoms with Gasteiger partial charge in [-0.15, -0.1) is 0 Å². The van der Waals surface area contributed by atoms with Crippen LogP contribution in [0.2, 0.25) is 0 Å². The van der Waals surface area contributed by atoms with Crippen molar-refractivity contribution in [3.63, 3.8) is 0 Å². The molecular formula is C14H9N3O2. The fourth-order valence-electron chi connectivity index (χ4n) is 2.84. The summed E-state index contributed by atoms with van der Waals surface area (Å²) in [6.07, 6.45) is 0. The van der Waals surface area contributed by atoms with Crippen molar-refractivity contribution < 1.29 is 4.92 Å². The highest BCUT2D eigenvalue weighted by molar-refractivity contribution is 6.61. The molecule has 1 aliphatic carbocycles. The highest BCUT2D eigenvalue weighted by atomic mass is 16.6. The second-order valence-electron chi connectivity index (χ2n) is 4.58. The molecule has 0 saturated carbocycles. The molecule has 0 amide bonds. The Morgan fingerprint density at radius 3 is 2.37 bits per heavy atom. The van der Waals surface area contributed by atoms with Crippen LogP contribution in [0.4, 0.5) is 5.69 Å². The summed E-state index contributed by atoms with van der Waals surface area (Å²) in [7, 11) is 0. The highest BCUT2D eigenvalue weighted by Gasteiger charge is 2.30. The predicted octanol–water partition coefficient (Wildman–Crippen LogP) is 2.35. The van der Waals surface area contributed by atoms with Gasteiger partial charge in [0.25, 0.3) is 5.69 Å². The average Bonchev–Trinajstić information content (AvgIpc) is 2.76. The number of aliphatic imine (C=N–C) groups is 2. The summed E-state index contributed by atoms with van der Waals surface area (Å²) in [4.78, 5) is 19.8. The van der Waals surface area contributed by atoms with Gasteiger partial charge in [0.2, 0.25) is 0 Å².